The lowest BCUT2D eigenvalue weighted by molar-refractivity contribution is -0.138. The van der Waals surface area contributed by atoms with Gasteiger partial charge in [0.25, 0.3) is 0 Å². The maximum Gasteiger partial charge on any atom is 0.354 e. The lowest BCUT2D eigenvalue weighted by Crippen LogP contribution is -2.19. The van der Waals surface area contributed by atoms with E-state index in [0.717, 1.165) is 46.3 Å². The van der Waals surface area contributed by atoms with Gasteiger partial charge in [0.05, 0.1) is 40.1 Å². The molecule has 0 fully saturated rings. The molecule has 0 aliphatic heterocycles. The number of ether oxygens (including phenoxy) is 4. The van der Waals surface area contributed by atoms with Gasteiger partial charge < -0.3 is 24.3 Å². The summed E-state index contributed by atoms with van der Waals surface area (Å²) in [5.41, 5.74) is -0.502. The number of aromatic nitrogens is 1. The second-order valence-electron chi connectivity index (χ2n) is 4.62. The van der Waals surface area contributed by atoms with E-state index in [1.165, 1.54) is 6.07 Å². The topological polar surface area (TPSA) is 130 Å². The molecule has 1 aromatic rings. The molecule has 27 heavy (non-hydrogen) atoms. The summed E-state index contributed by atoms with van der Waals surface area (Å²) in [5.74, 6) is -3.28. The van der Waals surface area contributed by atoms with Crippen molar-refractivity contribution in [1.29, 1.82) is 0 Å². The minimum absolute atomic E-state index is 0.00652. The summed E-state index contributed by atoms with van der Waals surface area (Å²) >= 11 is 1.07. The van der Waals surface area contributed by atoms with Gasteiger partial charge in [0.1, 0.15) is 22.1 Å². The van der Waals surface area contributed by atoms with E-state index in [9.17, 15) is 19.2 Å². The van der Waals surface area contributed by atoms with Crippen LogP contribution in [0.1, 0.15) is 20.7 Å². The first kappa shape index (κ1) is 22.0. The monoisotopic (exact) mass is 398 g/mol. The molecule has 0 spiro atoms. The molecular formula is C16H18N2O8S. The summed E-state index contributed by atoms with van der Waals surface area (Å²) in [4.78, 5) is 51.6. The van der Waals surface area contributed by atoms with E-state index in [0.29, 0.717) is 0 Å². The lowest BCUT2D eigenvalue weighted by Gasteiger charge is -2.14. The van der Waals surface area contributed by atoms with E-state index in [1.807, 2.05) is 0 Å². The zero-order valence-electron chi connectivity index (χ0n) is 15.3. The molecule has 146 valence electrons. The number of hydrogen-bond donors (Lipinski definition) is 1. The number of rotatable bonds is 7. The first-order chi connectivity index (χ1) is 12.8. The van der Waals surface area contributed by atoms with Crippen molar-refractivity contribution in [3.63, 3.8) is 0 Å². The van der Waals surface area contributed by atoms with E-state index in [-0.39, 0.29) is 27.7 Å². The molecule has 0 aliphatic rings. The third-order valence-corrected chi connectivity index (χ3v) is 3.79. The quantitative estimate of drug-likeness (QED) is 0.306. The average molecular weight is 398 g/mol. The summed E-state index contributed by atoms with van der Waals surface area (Å²) in [7, 11) is 4.56. The molecule has 0 radical (unpaired) electrons. The molecule has 0 aliphatic carbocycles. The number of nitrogens with one attached hydrogen (secondary N) is 1. The zero-order chi connectivity index (χ0) is 20.6. The van der Waals surface area contributed by atoms with Crippen molar-refractivity contribution in [3.8, 4) is 0 Å². The number of hydrogen-bond acceptors (Lipinski definition) is 11. The summed E-state index contributed by atoms with van der Waals surface area (Å²) in [6, 6.07) is 1.19. The van der Waals surface area contributed by atoms with Crippen LogP contribution in [-0.2, 0) is 28.5 Å². The number of nitrogens with zero attached hydrogens (tertiary/aromatic N) is 1. The fraction of sp³-hybridized carbons (Fsp3) is 0.312. The second-order valence-corrected chi connectivity index (χ2v) is 5.42. The Morgan fingerprint density at radius 1 is 1.00 bits per heavy atom. The van der Waals surface area contributed by atoms with Crippen molar-refractivity contribution in [1.82, 2.24) is 4.98 Å². The minimum Gasteiger partial charge on any atom is -0.466 e. The van der Waals surface area contributed by atoms with Crippen LogP contribution in [0.2, 0.25) is 0 Å². The van der Waals surface area contributed by atoms with E-state index >= 15 is 0 Å². The number of methoxy groups -OCH3 is 4. The normalized spacial score (nSPS) is 10.6. The van der Waals surface area contributed by atoms with Crippen molar-refractivity contribution in [3.05, 3.63) is 29.0 Å². The predicted octanol–water partition coefficient (Wildman–Crippen LogP) is 1.02. The number of pyridine rings is 1. The average Bonchev–Trinajstić information content (AvgIpc) is 2.70. The van der Waals surface area contributed by atoms with Crippen LogP contribution >= 0.6 is 11.8 Å². The highest BCUT2D eigenvalue weighted by atomic mass is 32.2. The molecule has 1 aromatic heterocycles. The van der Waals surface area contributed by atoms with E-state index in [4.69, 9.17) is 4.74 Å². The highest BCUT2D eigenvalue weighted by molar-refractivity contribution is 7.98. The second kappa shape index (κ2) is 10.2. The third kappa shape index (κ3) is 5.45. The number of carbonyl (C=O) groups excluding carboxylic acids is 4. The van der Waals surface area contributed by atoms with Crippen LogP contribution in [0.4, 0.5) is 5.82 Å². The molecule has 0 saturated carbocycles. The van der Waals surface area contributed by atoms with Gasteiger partial charge in [-0.25, -0.2) is 24.2 Å². The number of thioether (sulfide) groups is 1. The molecule has 0 unspecified atom stereocenters. The van der Waals surface area contributed by atoms with Gasteiger partial charge >= 0.3 is 23.9 Å². The van der Waals surface area contributed by atoms with Crippen LogP contribution < -0.4 is 5.32 Å². The number of carbonyl (C=O) groups is 4. The molecule has 10 nitrogen and oxygen atoms in total. The van der Waals surface area contributed by atoms with Gasteiger partial charge in [0.2, 0.25) is 0 Å². The maximum atomic E-state index is 12.1. The van der Waals surface area contributed by atoms with Crippen molar-refractivity contribution in [2.24, 2.45) is 0 Å². The molecule has 1 heterocycles. The van der Waals surface area contributed by atoms with Crippen LogP contribution in [0.15, 0.2) is 22.9 Å². The van der Waals surface area contributed by atoms with Crippen LogP contribution in [0.3, 0.4) is 0 Å². The fourth-order valence-corrected chi connectivity index (χ4v) is 2.46. The van der Waals surface area contributed by atoms with Gasteiger partial charge in [0.15, 0.2) is 0 Å². The summed E-state index contributed by atoms with van der Waals surface area (Å²) in [5, 5.41) is 2.72. The largest absolute Gasteiger partial charge is 0.466 e. The highest BCUT2D eigenvalue weighted by Gasteiger charge is 2.25. The maximum absolute atomic E-state index is 12.1. The Bertz CT molecular complexity index is 791. The Morgan fingerprint density at radius 3 is 2.11 bits per heavy atom. The summed E-state index contributed by atoms with van der Waals surface area (Å²) < 4.78 is 18.4. The van der Waals surface area contributed by atoms with Crippen LogP contribution in [-0.4, -0.2) is 63.6 Å². The van der Waals surface area contributed by atoms with Crippen molar-refractivity contribution >= 4 is 41.5 Å². The highest BCUT2D eigenvalue weighted by Crippen LogP contribution is 2.27. The Kier molecular flexibility index (Phi) is 8.27. The van der Waals surface area contributed by atoms with Gasteiger partial charge in [-0.15, -0.1) is 11.8 Å². The van der Waals surface area contributed by atoms with Gasteiger partial charge in [0, 0.05) is 0 Å². The van der Waals surface area contributed by atoms with E-state index < -0.39 is 23.9 Å². The van der Waals surface area contributed by atoms with Crippen LogP contribution in [0, 0.1) is 0 Å². The molecule has 1 rings (SSSR count). The van der Waals surface area contributed by atoms with Crippen molar-refractivity contribution in [2.75, 3.05) is 40.0 Å². The Balaban J connectivity index is 3.53. The Labute approximate surface area is 159 Å². The van der Waals surface area contributed by atoms with Gasteiger partial charge in [-0.05, 0) is 12.3 Å². The van der Waals surface area contributed by atoms with Crippen LogP contribution in [0.25, 0.3) is 0 Å². The SMILES string of the molecule is COC(=O)/C=C(/Nc1cc(C(=O)OC)c(C(=O)OC)c(SC)n1)C(=O)OC. The standard InChI is InChI=1S/C16H18N2O8S/c1-23-11(19)7-9(15(21)25-3)17-10-6-8(14(20)24-2)12(16(22)26-4)13(18-10)27-5/h6-7H,1-5H3,(H,17,18)/b9-7+. The van der Waals surface area contributed by atoms with Crippen molar-refractivity contribution < 1.29 is 38.1 Å². The van der Waals surface area contributed by atoms with E-state index in [1.54, 1.807) is 6.26 Å². The minimum atomic E-state index is -0.871. The number of anilines is 1. The molecule has 0 saturated heterocycles. The third-order valence-electron chi connectivity index (χ3n) is 3.11. The molecule has 1 N–H and O–H groups in total. The van der Waals surface area contributed by atoms with Gasteiger partial charge in [-0.2, -0.15) is 0 Å². The zero-order valence-corrected chi connectivity index (χ0v) is 16.1. The molecule has 0 amide bonds. The summed E-state index contributed by atoms with van der Waals surface area (Å²) in [6.07, 6.45) is 2.49. The Morgan fingerprint density at radius 2 is 1.63 bits per heavy atom. The first-order valence-electron chi connectivity index (χ1n) is 7.23. The first-order valence-corrected chi connectivity index (χ1v) is 8.46. The summed E-state index contributed by atoms with van der Waals surface area (Å²) in [6.45, 7) is 0. The van der Waals surface area contributed by atoms with Gasteiger partial charge in [-0.3, -0.25) is 0 Å². The molecular weight excluding hydrogens is 380 g/mol. The number of esters is 4. The van der Waals surface area contributed by atoms with Crippen molar-refractivity contribution in [2.45, 2.75) is 5.03 Å². The fourth-order valence-electron chi connectivity index (χ4n) is 1.87. The smallest absolute Gasteiger partial charge is 0.354 e. The molecule has 11 heteroatoms. The molecule has 0 bridgehead atoms. The predicted molar refractivity (Wildman–Crippen MR) is 94.4 cm³/mol. The molecule has 0 aromatic carbocycles. The molecule has 0 atom stereocenters. The van der Waals surface area contributed by atoms with Gasteiger partial charge in [-0.1, -0.05) is 0 Å². The Hall–Kier alpha value is -3.08. The van der Waals surface area contributed by atoms with E-state index in [2.05, 4.69) is 24.5 Å². The lowest BCUT2D eigenvalue weighted by atomic mass is 10.1. The van der Waals surface area contributed by atoms with Crippen LogP contribution in [0.5, 0.6) is 0 Å².